The van der Waals surface area contributed by atoms with E-state index in [9.17, 15) is 9.59 Å². The zero-order valence-electron chi connectivity index (χ0n) is 14.2. The van der Waals surface area contributed by atoms with E-state index in [1.807, 2.05) is 41.1 Å². The molecule has 1 N–H and O–H groups in total. The average molecular weight is 342 g/mol. The normalized spacial score (nSPS) is 20.5. The third-order valence-electron chi connectivity index (χ3n) is 4.33. The number of rotatable bonds is 6. The van der Waals surface area contributed by atoms with Crippen LogP contribution in [-0.2, 0) is 20.9 Å². The van der Waals surface area contributed by atoms with Crippen LogP contribution in [0.1, 0.15) is 18.0 Å². The molecule has 1 aliphatic rings. The number of carbonyl (C=O) groups excluding carboxylic acids is 2. The lowest BCUT2D eigenvalue weighted by Crippen LogP contribution is -2.53. The molecule has 2 atom stereocenters. The molecule has 2 unspecified atom stereocenters. The highest BCUT2D eigenvalue weighted by Gasteiger charge is 2.39. The van der Waals surface area contributed by atoms with E-state index in [4.69, 9.17) is 4.74 Å². The molecule has 0 radical (unpaired) electrons. The first-order chi connectivity index (χ1) is 12.2. The topological polar surface area (TPSA) is 76.5 Å². The summed E-state index contributed by atoms with van der Waals surface area (Å²) in [6.07, 6.45) is 5.44. The number of aromatic nitrogens is 2. The standard InChI is InChI=1S/C18H22N4O3/c1-21-15(23)12-25-17(16(21)14-6-3-2-4-7-14)18(24)20-8-5-10-22-11-9-19-13-22/h2-4,6-7,9,11,13,16-17H,5,8,10,12H2,1H3,(H,20,24). The number of likely N-dealkylation sites (N-methyl/N-ethyl adjacent to an activating group) is 1. The number of hydrogen-bond donors (Lipinski definition) is 1. The minimum atomic E-state index is -0.710. The molecule has 25 heavy (non-hydrogen) atoms. The minimum absolute atomic E-state index is 0.0764. The number of carbonyl (C=O) groups is 2. The van der Waals surface area contributed by atoms with E-state index in [0.717, 1.165) is 18.5 Å². The van der Waals surface area contributed by atoms with Gasteiger partial charge in [0.15, 0.2) is 6.10 Å². The number of nitrogens with zero attached hydrogens (tertiary/aromatic N) is 3. The van der Waals surface area contributed by atoms with E-state index < -0.39 is 12.1 Å². The van der Waals surface area contributed by atoms with Crippen molar-refractivity contribution in [2.24, 2.45) is 0 Å². The monoisotopic (exact) mass is 342 g/mol. The molecule has 7 nitrogen and oxygen atoms in total. The van der Waals surface area contributed by atoms with Crippen molar-refractivity contribution in [3.8, 4) is 0 Å². The van der Waals surface area contributed by atoms with Crippen molar-refractivity contribution in [3.05, 3.63) is 54.6 Å². The van der Waals surface area contributed by atoms with E-state index in [2.05, 4.69) is 10.3 Å². The van der Waals surface area contributed by atoms with Crippen LogP contribution in [0.5, 0.6) is 0 Å². The number of aryl methyl sites for hydroxylation is 1. The van der Waals surface area contributed by atoms with Crippen LogP contribution in [0, 0.1) is 0 Å². The van der Waals surface area contributed by atoms with Crippen LogP contribution in [0.15, 0.2) is 49.1 Å². The Hall–Kier alpha value is -2.67. The molecule has 1 fully saturated rings. The first-order valence-corrected chi connectivity index (χ1v) is 8.32. The van der Waals surface area contributed by atoms with E-state index in [-0.39, 0.29) is 18.4 Å². The highest BCUT2D eigenvalue weighted by molar-refractivity contribution is 5.86. The Labute approximate surface area is 146 Å². The van der Waals surface area contributed by atoms with Crippen LogP contribution in [0.25, 0.3) is 0 Å². The molecule has 0 bridgehead atoms. The number of morpholine rings is 1. The van der Waals surface area contributed by atoms with E-state index in [0.29, 0.717) is 6.54 Å². The van der Waals surface area contributed by atoms with Gasteiger partial charge in [0.05, 0.1) is 12.4 Å². The van der Waals surface area contributed by atoms with Crippen molar-refractivity contribution in [1.29, 1.82) is 0 Å². The first kappa shape index (κ1) is 17.2. The summed E-state index contributed by atoms with van der Waals surface area (Å²) in [5, 5.41) is 2.91. The molecule has 1 aromatic carbocycles. The van der Waals surface area contributed by atoms with Crippen molar-refractivity contribution in [1.82, 2.24) is 19.8 Å². The highest BCUT2D eigenvalue weighted by Crippen LogP contribution is 2.28. The fourth-order valence-electron chi connectivity index (χ4n) is 2.97. The van der Waals surface area contributed by atoms with Crippen LogP contribution < -0.4 is 5.32 Å². The SMILES string of the molecule is CN1C(=O)COC(C(=O)NCCCn2ccnc2)C1c1ccccc1. The summed E-state index contributed by atoms with van der Waals surface area (Å²) in [6.45, 7) is 1.25. The van der Waals surface area contributed by atoms with Crippen molar-refractivity contribution in [3.63, 3.8) is 0 Å². The quantitative estimate of drug-likeness (QED) is 0.794. The largest absolute Gasteiger partial charge is 0.356 e. The zero-order chi connectivity index (χ0) is 17.6. The van der Waals surface area contributed by atoms with Crippen LogP contribution in [0.4, 0.5) is 0 Å². The summed E-state index contributed by atoms with van der Waals surface area (Å²) >= 11 is 0. The maximum atomic E-state index is 12.6. The number of imidazole rings is 1. The Morgan fingerprint density at radius 3 is 2.88 bits per heavy atom. The number of ether oxygens (including phenoxy) is 1. The molecule has 0 aliphatic carbocycles. The van der Waals surface area contributed by atoms with Crippen molar-refractivity contribution < 1.29 is 14.3 Å². The van der Waals surface area contributed by atoms with Crippen LogP contribution in [0.3, 0.4) is 0 Å². The molecule has 2 amide bonds. The van der Waals surface area contributed by atoms with Gasteiger partial charge in [-0.3, -0.25) is 9.59 Å². The summed E-state index contributed by atoms with van der Waals surface area (Å²) < 4.78 is 7.53. The Bertz CT molecular complexity index is 702. The molecule has 7 heteroatoms. The third kappa shape index (κ3) is 4.06. The van der Waals surface area contributed by atoms with Gasteiger partial charge in [-0.1, -0.05) is 30.3 Å². The van der Waals surface area contributed by atoms with Gasteiger partial charge in [0.25, 0.3) is 5.91 Å². The van der Waals surface area contributed by atoms with Gasteiger partial charge in [0, 0.05) is 32.5 Å². The fourth-order valence-corrected chi connectivity index (χ4v) is 2.97. The molecule has 0 saturated carbocycles. The summed E-state index contributed by atoms with van der Waals surface area (Å²) in [5.41, 5.74) is 0.886. The second kappa shape index (κ2) is 7.94. The first-order valence-electron chi connectivity index (χ1n) is 8.32. The van der Waals surface area contributed by atoms with Crippen molar-refractivity contribution in [2.75, 3.05) is 20.2 Å². The van der Waals surface area contributed by atoms with Crippen molar-refractivity contribution in [2.45, 2.75) is 25.1 Å². The number of hydrogen-bond acceptors (Lipinski definition) is 4. The molecule has 132 valence electrons. The van der Waals surface area contributed by atoms with Crippen LogP contribution >= 0.6 is 0 Å². The van der Waals surface area contributed by atoms with Gasteiger partial charge >= 0.3 is 0 Å². The smallest absolute Gasteiger partial charge is 0.251 e. The summed E-state index contributed by atoms with van der Waals surface area (Å²) in [5.74, 6) is -0.322. The van der Waals surface area contributed by atoms with Gasteiger partial charge in [-0.2, -0.15) is 0 Å². The summed E-state index contributed by atoms with van der Waals surface area (Å²) in [7, 11) is 1.71. The Morgan fingerprint density at radius 1 is 1.36 bits per heavy atom. The second-order valence-electron chi connectivity index (χ2n) is 6.04. The molecule has 1 saturated heterocycles. The molecule has 0 spiro atoms. The molecular formula is C18H22N4O3. The molecular weight excluding hydrogens is 320 g/mol. The fraction of sp³-hybridized carbons (Fsp3) is 0.389. The van der Waals surface area contributed by atoms with Crippen molar-refractivity contribution >= 4 is 11.8 Å². The van der Waals surface area contributed by atoms with Gasteiger partial charge in [0.2, 0.25) is 5.91 Å². The van der Waals surface area contributed by atoms with Gasteiger partial charge < -0.3 is 19.5 Å². The molecule has 1 aromatic heterocycles. The average Bonchev–Trinajstić information content (AvgIpc) is 3.15. The minimum Gasteiger partial charge on any atom is -0.356 e. The maximum Gasteiger partial charge on any atom is 0.251 e. The van der Waals surface area contributed by atoms with E-state index >= 15 is 0 Å². The van der Waals surface area contributed by atoms with Gasteiger partial charge in [-0.25, -0.2) is 4.98 Å². The molecule has 3 rings (SSSR count). The number of amides is 2. The Kier molecular flexibility index (Phi) is 5.45. The summed E-state index contributed by atoms with van der Waals surface area (Å²) in [4.78, 5) is 30.2. The lowest BCUT2D eigenvalue weighted by atomic mass is 9.97. The zero-order valence-corrected chi connectivity index (χ0v) is 14.2. The van der Waals surface area contributed by atoms with Crippen LogP contribution in [-0.4, -0.2) is 52.6 Å². The number of nitrogens with one attached hydrogen (secondary N) is 1. The second-order valence-corrected chi connectivity index (χ2v) is 6.04. The maximum absolute atomic E-state index is 12.6. The Morgan fingerprint density at radius 2 is 2.16 bits per heavy atom. The Balaban J connectivity index is 1.61. The lowest BCUT2D eigenvalue weighted by Gasteiger charge is -2.38. The predicted molar refractivity (Wildman–Crippen MR) is 91.5 cm³/mol. The van der Waals surface area contributed by atoms with Gasteiger partial charge in [-0.05, 0) is 12.0 Å². The number of benzene rings is 1. The molecule has 2 heterocycles. The molecule has 2 aromatic rings. The third-order valence-corrected chi connectivity index (χ3v) is 4.33. The van der Waals surface area contributed by atoms with E-state index in [1.54, 1.807) is 24.5 Å². The lowest BCUT2D eigenvalue weighted by molar-refractivity contribution is -0.162. The highest BCUT2D eigenvalue weighted by atomic mass is 16.5. The van der Waals surface area contributed by atoms with Crippen LogP contribution in [0.2, 0.25) is 0 Å². The predicted octanol–water partition coefficient (Wildman–Crippen LogP) is 0.988. The molecule has 1 aliphatic heterocycles. The van der Waals surface area contributed by atoms with Gasteiger partial charge in [-0.15, -0.1) is 0 Å². The van der Waals surface area contributed by atoms with Gasteiger partial charge in [0.1, 0.15) is 6.61 Å². The summed E-state index contributed by atoms with van der Waals surface area (Å²) in [6, 6.07) is 9.08. The van der Waals surface area contributed by atoms with E-state index in [1.165, 1.54) is 0 Å².